The minimum absolute atomic E-state index is 0.0110. The standard InChI is InChI=1S/C22H17F3N4O3S/c1-11(30)10-27-19(31)13-3-2-12-6-18-20(32)28(21(33)29(18)17(12)7-13)15-5-4-14(9-26)16(8-15)22(23,24)25/h2-5,7-8,11,18,30H,6,10H2,1H3,(H,27,31). The third-order valence-corrected chi connectivity index (χ3v) is 5.86. The number of amides is 2. The van der Waals surface area contributed by atoms with Crippen LogP contribution in [-0.4, -0.2) is 40.7 Å². The molecular weight excluding hydrogens is 457 g/mol. The molecule has 0 saturated carbocycles. The number of nitriles is 1. The number of halogens is 3. The molecule has 2 amide bonds. The highest BCUT2D eigenvalue weighted by Gasteiger charge is 2.49. The van der Waals surface area contributed by atoms with Crippen LogP contribution in [0.1, 0.15) is 34.0 Å². The third kappa shape index (κ3) is 3.92. The molecule has 2 aromatic carbocycles. The van der Waals surface area contributed by atoms with Crippen molar-refractivity contribution in [2.45, 2.75) is 31.7 Å². The number of aliphatic hydroxyl groups is 1. The average Bonchev–Trinajstić information content (AvgIpc) is 3.26. The van der Waals surface area contributed by atoms with Crippen molar-refractivity contribution < 1.29 is 27.9 Å². The number of alkyl halides is 3. The van der Waals surface area contributed by atoms with Crippen molar-refractivity contribution in [3.63, 3.8) is 0 Å². The Morgan fingerprint density at radius 2 is 2.06 bits per heavy atom. The van der Waals surface area contributed by atoms with Crippen molar-refractivity contribution in [1.82, 2.24) is 5.32 Å². The number of fused-ring (bicyclic) bond motifs is 3. The highest BCUT2D eigenvalue weighted by molar-refractivity contribution is 7.81. The van der Waals surface area contributed by atoms with Crippen LogP contribution in [0, 0.1) is 11.3 Å². The second-order valence-electron chi connectivity index (χ2n) is 7.79. The maximum Gasteiger partial charge on any atom is 0.417 e. The van der Waals surface area contributed by atoms with E-state index < -0.39 is 41.3 Å². The Balaban J connectivity index is 1.68. The van der Waals surface area contributed by atoms with Gasteiger partial charge in [0.1, 0.15) is 6.04 Å². The molecule has 0 aromatic heterocycles. The van der Waals surface area contributed by atoms with Gasteiger partial charge in [0, 0.05) is 24.2 Å². The van der Waals surface area contributed by atoms with Gasteiger partial charge < -0.3 is 15.3 Å². The minimum atomic E-state index is -4.78. The van der Waals surface area contributed by atoms with Crippen molar-refractivity contribution >= 4 is 40.5 Å². The van der Waals surface area contributed by atoms with Gasteiger partial charge in [-0.25, -0.2) is 0 Å². The second kappa shape index (κ2) is 8.13. The zero-order valence-corrected chi connectivity index (χ0v) is 18.0. The highest BCUT2D eigenvalue weighted by atomic mass is 32.1. The van der Waals surface area contributed by atoms with Crippen LogP contribution >= 0.6 is 12.2 Å². The number of anilines is 2. The summed E-state index contributed by atoms with van der Waals surface area (Å²) in [5.41, 5.74) is -0.196. The molecule has 2 aliphatic rings. The smallest absolute Gasteiger partial charge is 0.392 e. The van der Waals surface area contributed by atoms with Gasteiger partial charge in [-0.1, -0.05) is 6.07 Å². The summed E-state index contributed by atoms with van der Waals surface area (Å²) in [6.07, 6.45) is -5.22. The molecule has 4 rings (SSSR count). The summed E-state index contributed by atoms with van der Waals surface area (Å²) in [6.45, 7) is 1.59. The Morgan fingerprint density at radius 1 is 1.33 bits per heavy atom. The monoisotopic (exact) mass is 474 g/mol. The molecule has 33 heavy (non-hydrogen) atoms. The first-order chi connectivity index (χ1) is 15.5. The van der Waals surface area contributed by atoms with Crippen LogP contribution in [0.2, 0.25) is 0 Å². The number of aliphatic hydroxyl groups excluding tert-OH is 1. The Hall–Kier alpha value is -3.49. The largest absolute Gasteiger partial charge is 0.417 e. The van der Waals surface area contributed by atoms with E-state index in [-0.39, 0.29) is 23.8 Å². The van der Waals surface area contributed by atoms with Gasteiger partial charge >= 0.3 is 6.18 Å². The van der Waals surface area contributed by atoms with E-state index in [1.54, 1.807) is 18.2 Å². The molecule has 170 valence electrons. The molecule has 2 aliphatic heterocycles. The predicted molar refractivity (Wildman–Crippen MR) is 117 cm³/mol. The molecule has 0 spiro atoms. The molecule has 2 aromatic rings. The first-order valence-electron chi connectivity index (χ1n) is 9.90. The summed E-state index contributed by atoms with van der Waals surface area (Å²) in [7, 11) is 0. The summed E-state index contributed by atoms with van der Waals surface area (Å²) in [5, 5.41) is 20.9. The fraction of sp³-hybridized carbons (Fsp3) is 0.273. The summed E-state index contributed by atoms with van der Waals surface area (Å²) in [4.78, 5) is 28.1. The van der Waals surface area contributed by atoms with Crippen molar-refractivity contribution in [3.8, 4) is 6.07 Å². The van der Waals surface area contributed by atoms with Crippen molar-refractivity contribution in [3.05, 3.63) is 58.7 Å². The lowest BCUT2D eigenvalue weighted by Gasteiger charge is -2.21. The fourth-order valence-corrected chi connectivity index (χ4v) is 4.36. The van der Waals surface area contributed by atoms with Crippen LogP contribution in [0.25, 0.3) is 0 Å². The van der Waals surface area contributed by atoms with Gasteiger partial charge in [0.2, 0.25) is 0 Å². The van der Waals surface area contributed by atoms with E-state index in [1.807, 2.05) is 0 Å². The maximum absolute atomic E-state index is 13.4. The topological polar surface area (TPSA) is 96.7 Å². The van der Waals surface area contributed by atoms with E-state index in [0.717, 1.165) is 22.6 Å². The third-order valence-electron chi connectivity index (χ3n) is 5.48. The number of nitrogens with zero attached hydrogens (tertiary/aromatic N) is 3. The lowest BCUT2D eigenvalue weighted by atomic mass is 10.0. The Labute approximate surface area is 192 Å². The summed E-state index contributed by atoms with van der Waals surface area (Å²) < 4.78 is 40.2. The maximum atomic E-state index is 13.4. The zero-order chi connectivity index (χ0) is 24.1. The molecular formula is C22H17F3N4O3S. The molecule has 2 atom stereocenters. The SMILES string of the molecule is CC(O)CNC(=O)c1ccc2c(c1)N1C(=S)N(c3ccc(C#N)c(C(F)(F)F)c3)C(=O)C1C2. The number of hydrogen-bond acceptors (Lipinski definition) is 5. The van der Waals surface area contributed by atoms with Gasteiger partial charge in [0.15, 0.2) is 5.11 Å². The van der Waals surface area contributed by atoms with Crippen molar-refractivity contribution in [1.29, 1.82) is 5.26 Å². The zero-order valence-electron chi connectivity index (χ0n) is 17.2. The quantitative estimate of drug-likeness (QED) is 0.662. The van der Waals surface area contributed by atoms with Crippen LogP contribution < -0.4 is 15.1 Å². The predicted octanol–water partition coefficient (Wildman–Crippen LogP) is 2.75. The number of benzene rings is 2. The highest BCUT2D eigenvalue weighted by Crippen LogP contribution is 2.41. The van der Waals surface area contributed by atoms with Crippen molar-refractivity contribution in [2.24, 2.45) is 0 Å². The van der Waals surface area contributed by atoms with Crippen LogP contribution in [0.15, 0.2) is 36.4 Å². The molecule has 1 saturated heterocycles. The number of carbonyl (C=O) groups excluding carboxylic acids is 2. The lowest BCUT2D eigenvalue weighted by molar-refractivity contribution is -0.137. The van der Waals surface area contributed by atoms with Gasteiger partial charge in [-0.2, -0.15) is 18.4 Å². The van der Waals surface area contributed by atoms with E-state index in [9.17, 15) is 27.9 Å². The first kappa shape index (κ1) is 22.7. The lowest BCUT2D eigenvalue weighted by Crippen LogP contribution is -2.33. The van der Waals surface area contributed by atoms with E-state index in [2.05, 4.69) is 5.32 Å². The summed E-state index contributed by atoms with van der Waals surface area (Å²) in [5.74, 6) is -0.911. The average molecular weight is 474 g/mol. The molecule has 11 heteroatoms. The molecule has 1 fully saturated rings. The van der Waals surface area contributed by atoms with Crippen molar-refractivity contribution in [2.75, 3.05) is 16.3 Å². The Kier molecular flexibility index (Phi) is 5.59. The van der Waals surface area contributed by atoms with Crippen LogP contribution in [0.4, 0.5) is 24.5 Å². The van der Waals surface area contributed by atoms with E-state index in [4.69, 9.17) is 17.5 Å². The Bertz CT molecular complexity index is 1220. The summed E-state index contributed by atoms with van der Waals surface area (Å²) >= 11 is 5.46. The number of thiocarbonyl (C=S) groups is 1. The molecule has 7 nitrogen and oxygen atoms in total. The van der Waals surface area contributed by atoms with Gasteiger partial charge in [-0.05, 0) is 55.0 Å². The molecule has 2 heterocycles. The number of carbonyl (C=O) groups is 2. The molecule has 0 aliphatic carbocycles. The molecule has 0 bridgehead atoms. The fourth-order valence-electron chi connectivity index (χ4n) is 3.94. The van der Waals surface area contributed by atoms with E-state index in [0.29, 0.717) is 11.3 Å². The van der Waals surface area contributed by atoms with Gasteiger partial charge in [-0.15, -0.1) is 0 Å². The number of nitrogens with one attached hydrogen (secondary N) is 1. The van der Waals surface area contributed by atoms with Gasteiger partial charge in [0.25, 0.3) is 11.8 Å². The van der Waals surface area contributed by atoms with Crippen LogP contribution in [0.5, 0.6) is 0 Å². The minimum Gasteiger partial charge on any atom is -0.392 e. The molecule has 2 unspecified atom stereocenters. The number of rotatable bonds is 4. The number of hydrogen-bond donors (Lipinski definition) is 2. The summed E-state index contributed by atoms with van der Waals surface area (Å²) in [6, 6.07) is 8.63. The Morgan fingerprint density at radius 3 is 2.70 bits per heavy atom. The van der Waals surface area contributed by atoms with E-state index >= 15 is 0 Å². The molecule has 2 N–H and O–H groups in total. The van der Waals surface area contributed by atoms with Crippen LogP contribution in [-0.2, 0) is 17.4 Å². The second-order valence-corrected chi connectivity index (χ2v) is 8.15. The van der Waals surface area contributed by atoms with Gasteiger partial charge in [0.05, 0.1) is 29.0 Å². The molecule has 0 radical (unpaired) electrons. The van der Waals surface area contributed by atoms with E-state index in [1.165, 1.54) is 24.0 Å². The first-order valence-corrected chi connectivity index (χ1v) is 10.3. The normalized spacial score (nSPS) is 18.1. The van der Waals surface area contributed by atoms with Crippen LogP contribution in [0.3, 0.4) is 0 Å². The van der Waals surface area contributed by atoms with Gasteiger partial charge in [-0.3, -0.25) is 14.5 Å².